The molecule has 128 valence electrons. The van der Waals surface area contributed by atoms with Gasteiger partial charge in [-0.3, -0.25) is 9.88 Å². The van der Waals surface area contributed by atoms with E-state index in [-0.39, 0.29) is 0 Å². The predicted octanol–water partition coefficient (Wildman–Crippen LogP) is 0.751. The van der Waals surface area contributed by atoms with Gasteiger partial charge in [0, 0.05) is 38.6 Å². The number of rotatable bonds is 3. The molecular formula is C16H25N3O3S. The van der Waals surface area contributed by atoms with E-state index < -0.39 is 21.7 Å². The number of hydrogen-bond acceptors (Lipinski definition) is 5. The molecule has 6 nitrogen and oxygen atoms in total. The minimum absolute atomic E-state index is 0.500. The van der Waals surface area contributed by atoms with E-state index in [9.17, 15) is 13.5 Å². The Hall–Kier alpha value is -1.02. The van der Waals surface area contributed by atoms with Gasteiger partial charge in [-0.05, 0) is 37.3 Å². The van der Waals surface area contributed by atoms with Gasteiger partial charge in [0.15, 0.2) is 0 Å². The maximum atomic E-state index is 12.1. The van der Waals surface area contributed by atoms with E-state index in [0.717, 1.165) is 37.1 Å². The summed E-state index contributed by atoms with van der Waals surface area (Å²) in [6.07, 6.45) is 6.53. The van der Waals surface area contributed by atoms with Gasteiger partial charge in [0.2, 0.25) is 10.0 Å². The van der Waals surface area contributed by atoms with Crippen LogP contribution in [0.5, 0.6) is 0 Å². The highest BCUT2D eigenvalue weighted by atomic mass is 32.2. The van der Waals surface area contributed by atoms with Crippen molar-refractivity contribution in [1.82, 2.24) is 14.2 Å². The van der Waals surface area contributed by atoms with Gasteiger partial charge in [-0.15, -0.1) is 0 Å². The summed E-state index contributed by atoms with van der Waals surface area (Å²) in [7, 11) is -3.28. The average molecular weight is 339 g/mol. The van der Waals surface area contributed by atoms with Crippen molar-refractivity contribution in [2.45, 2.75) is 44.4 Å². The Morgan fingerprint density at radius 2 is 2.13 bits per heavy atom. The first kappa shape index (κ1) is 16.8. The first-order chi connectivity index (χ1) is 10.8. The number of sulfonamides is 1. The van der Waals surface area contributed by atoms with Gasteiger partial charge in [0.05, 0.1) is 17.9 Å². The molecule has 0 unspecified atom stereocenters. The topological polar surface area (TPSA) is 73.7 Å². The van der Waals surface area contributed by atoms with Crippen molar-refractivity contribution in [2.75, 3.05) is 25.9 Å². The third kappa shape index (κ3) is 3.28. The Labute approximate surface area is 138 Å². The van der Waals surface area contributed by atoms with Gasteiger partial charge in [-0.2, -0.15) is 4.31 Å². The molecule has 1 N–H and O–H groups in total. The molecule has 2 fully saturated rings. The maximum absolute atomic E-state index is 12.1. The maximum Gasteiger partial charge on any atom is 0.211 e. The Bertz CT molecular complexity index is 679. The molecule has 3 rings (SSSR count). The number of aromatic nitrogens is 1. The van der Waals surface area contributed by atoms with Crippen molar-refractivity contribution in [1.29, 1.82) is 0 Å². The Kier molecular flexibility index (Phi) is 4.48. The lowest BCUT2D eigenvalue weighted by atomic mass is 9.83. The molecule has 23 heavy (non-hydrogen) atoms. The smallest absolute Gasteiger partial charge is 0.211 e. The number of piperidine rings is 1. The summed E-state index contributed by atoms with van der Waals surface area (Å²) in [5, 5.41) is 10.7. The summed E-state index contributed by atoms with van der Waals surface area (Å²) in [5.41, 5.74) is 1.64. The van der Waals surface area contributed by atoms with Crippen LogP contribution >= 0.6 is 0 Å². The van der Waals surface area contributed by atoms with Gasteiger partial charge in [-0.1, -0.05) is 6.07 Å². The quantitative estimate of drug-likeness (QED) is 0.880. The number of aliphatic hydroxyl groups excluding tert-OH is 1. The second-order valence-electron chi connectivity index (χ2n) is 6.91. The molecule has 3 heterocycles. The van der Waals surface area contributed by atoms with Crippen molar-refractivity contribution in [3.63, 3.8) is 0 Å². The van der Waals surface area contributed by atoms with Gasteiger partial charge in [0.1, 0.15) is 0 Å². The molecule has 2 atom stereocenters. The second-order valence-corrected chi connectivity index (χ2v) is 8.82. The first-order valence-electron chi connectivity index (χ1n) is 8.10. The third-order valence-electron chi connectivity index (χ3n) is 5.12. The van der Waals surface area contributed by atoms with Crippen molar-refractivity contribution >= 4 is 10.0 Å². The number of hydrogen-bond donors (Lipinski definition) is 1. The lowest BCUT2D eigenvalue weighted by Crippen LogP contribution is -2.62. The summed E-state index contributed by atoms with van der Waals surface area (Å²) in [4.78, 5) is 6.39. The van der Waals surface area contributed by atoms with Crippen molar-refractivity contribution in [2.24, 2.45) is 0 Å². The van der Waals surface area contributed by atoms with Gasteiger partial charge < -0.3 is 5.11 Å². The molecule has 2 aliphatic heterocycles. The van der Waals surface area contributed by atoms with E-state index in [4.69, 9.17) is 0 Å². The molecule has 0 saturated carbocycles. The molecule has 1 aromatic heterocycles. The zero-order valence-electron chi connectivity index (χ0n) is 13.8. The summed E-state index contributed by atoms with van der Waals surface area (Å²) in [6.45, 7) is 4.56. The van der Waals surface area contributed by atoms with Crippen LogP contribution in [0.15, 0.2) is 18.5 Å². The molecule has 0 amide bonds. The van der Waals surface area contributed by atoms with E-state index >= 15 is 0 Å². The largest absolute Gasteiger partial charge is 0.390 e. The van der Waals surface area contributed by atoms with Crippen LogP contribution in [0.1, 0.15) is 30.4 Å². The highest BCUT2D eigenvalue weighted by Gasteiger charge is 2.52. The van der Waals surface area contributed by atoms with Crippen LogP contribution in [0.3, 0.4) is 0 Å². The van der Waals surface area contributed by atoms with Crippen LogP contribution in [0, 0.1) is 6.92 Å². The monoisotopic (exact) mass is 339 g/mol. The standard InChI is InChI=1S/C16H25N3O3S/c1-13-8-14(10-17-9-13)11-18-7-5-16(15(20)12-18)4-3-6-19(16)23(2,21)22/h8-10,15,20H,3-7,11-12H2,1-2H3/t15-,16-/m0/s1. The number of pyridine rings is 1. The Morgan fingerprint density at radius 1 is 1.35 bits per heavy atom. The first-order valence-corrected chi connectivity index (χ1v) is 9.95. The normalized spacial score (nSPS) is 30.1. The van der Waals surface area contributed by atoms with E-state index in [1.54, 1.807) is 0 Å². The lowest BCUT2D eigenvalue weighted by Gasteiger charge is -2.47. The van der Waals surface area contributed by atoms with Crippen LogP contribution in [-0.4, -0.2) is 65.2 Å². The highest BCUT2D eigenvalue weighted by molar-refractivity contribution is 7.88. The average Bonchev–Trinajstić information content (AvgIpc) is 2.88. The number of β-amino-alcohol motifs (C(OH)–C–C–N with tert-alkyl or cyclic N) is 1. The van der Waals surface area contributed by atoms with E-state index in [0.29, 0.717) is 19.5 Å². The summed E-state index contributed by atoms with van der Waals surface area (Å²) in [6, 6.07) is 2.10. The van der Waals surface area contributed by atoms with Crippen molar-refractivity contribution in [3.8, 4) is 0 Å². The van der Waals surface area contributed by atoms with Crippen LogP contribution < -0.4 is 0 Å². The number of likely N-dealkylation sites (tertiary alicyclic amines) is 1. The van der Waals surface area contributed by atoms with Crippen molar-refractivity contribution < 1.29 is 13.5 Å². The molecule has 0 radical (unpaired) electrons. The van der Waals surface area contributed by atoms with E-state index in [1.165, 1.54) is 10.6 Å². The number of aliphatic hydroxyl groups is 1. The fraction of sp³-hybridized carbons (Fsp3) is 0.688. The number of aryl methyl sites for hydroxylation is 1. The zero-order valence-corrected chi connectivity index (χ0v) is 14.6. The fourth-order valence-corrected chi connectivity index (χ4v) is 5.51. The highest BCUT2D eigenvalue weighted by Crippen LogP contribution is 2.40. The van der Waals surface area contributed by atoms with E-state index in [1.807, 2.05) is 19.3 Å². The zero-order chi connectivity index (χ0) is 16.7. The van der Waals surface area contributed by atoms with Gasteiger partial charge in [0.25, 0.3) is 0 Å². The summed E-state index contributed by atoms with van der Waals surface area (Å²) in [5.74, 6) is 0. The molecule has 0 aromatic carbocycles. The predicted molar refractivity (Wildman–Crippen MR) is 88.4 cm³/mol. The molecule has 0 bridgehead atoms. The van der Waals surface area contributed by atoms with Gasteiger partial charge >= 0.3 is 0 Å². The Morgan fingerprint density at radius 3 is 2.78 bits per heavy atom. The van der Waals surface area contributed by atoms with Crippen LogP contribution in [0.25, 0.3) is 0 Å². The molecule has 1 spiro atoms. The summed E-state index contributed by atoms with van der Waals surface area (Å²) >= 11 is 0. The van der Waals surface area contributed by atoms with E-state index in [2.05, 4.69) is 16.0 Å². The molecule has 7 heteroatoms. The van der Waals surface area contributed by atoms with Crippen molar-refractivity contribution in [3.05, 3.63) is 29.6 Å². The fourth-order valence-electron chi connectivity index (χ4n) is 4.08. The molecule has 1 aromatic rings. The van der Waals surface area contributed by atoms with Crippen LogP contribution in [0.4, 0.5) is 0 Å². The Balaban J connectivity index is 1.72. The third-order valence-corrected chi connectivity index (χ3v) is 6.46. The minimum atomic E-state index is -3.28. The molecule has 2 aliphatic rings. The molecular weight excluding hydrogens is 314 g/mol. The van der Waals surface area contributed by atoms with Gasteiger partial charge in [-0.25, -0.2) is 8.42 Å². The number of nitrogens with zero attached hydrogens (tertiary/aromatic N) is 3. The molecule has 2 saturated heterocycles. The second kappa shape index (κ2) is 6.12. The van der Waals surface area contributed by atoms with Crippen LogP contribution in [-0.2, 0) is 16.6 Å². The SMILES string of the molecule is Cc1cncc(CN2CC[C@@]3(CCCN3S(C)(=O)=O)[C@@H](O)C2)c1. The minimum Gasteiger partial charge on any atom is -0.390 e. The van der Waals surface area contributed by atoms with Crippen LogP contribution in [0.2, 0.25) is 0 Å². The summed E-state index contributed by atoms with van der Waals surface area (Å²) < 4.78 is 25.6. The molecule has 0 aliphatic carbocycles. The lowest BCUT2D eigenvalue weighted by molar-refractivity contribution is -0.0380.